The van der Waals surface area contributed by atoms with Gasteiger partial charge in [-0.1, -0.05) is 17.7 Å². The lowest BCUT2D eigenvalue weighted by atomic mass is 10.2. The van der Waals surface area contributed by atoms with E-state index < -0.39 is 11.7 Å². The minimum Gasteiger partial charge on any atom is -0.370 e. The average Bonchev–Trinajstić information content (AvgIpc) is 2.42. The number of nitrogens with zero attached hydrogens (tertiary/aromatic N) is 1. The van der Waals surface area contributed by atoms with Crippen LogP contribution in [0.25, 0.3) is 0 Å². The monoisotopic (exact) mass is 293 g/mol. The van der Waals surface area contributed by atoms with Crippen LogP contribution in [0.4, 0.5) is 15.9 Å². The number of pyridine rings is 1. The van der Waals surface area contributed by atoms with E-state index in [-0.39, 0.29) is 16.4 Å². The lowest BCUT2D eigenvalue weighted by Gasteiger charge is -2.08. The minimum atomic E-state index is -0.589. The normalized spacial score (nSPS) is 10.2. The molecule has 4 nitrogen and oxygen atoms in total. The Morgan fingerprint density at radius 2 is 2.15 bits per heavy atom. The van der Waals surface area contributed by atoms with Gasteiger partial charge in [0.1, 0.15) is 17.3 Å². The number of amides is 1. The quantitative estimate of drug-likeness (QED) is 0.906. The van der Waals surface area contributed by atoms with E-state index in [1.165, 1.54) is 12.1 Å². The molecule has 0 bridgehead atoms. The first kappa shape index (κ1) is 14.3. The number of benzene rings is 1. The smallest absolute Gasteiger partial charge is 0.274 e. The number of hydrogen-bond acceptors (Lipinski definition) is 3. The van der Waals surface area contributed by atoms with E-state index in [1.807, 2.05) is 6.92 Å². The molecule has 1 heterocycles. The third-order valence-electron chi connectivity index (χ3n) is 2.52. The van der Waals surface area contributed by atoms with Gasteiger partial charge < -0.3 is 10.6 Å². The fourth-order valence-electron chi connectivity index (χ4n) is 1.62. The van der Waals surface area contributed by atoms with Crippen molar-refractivity contribution in [2.75, 3.05) is 17.2 Å². The predicted molar refractivity (Wildman–Crippen MR) is 77.8 cm³/mol. The maximum Gasteiger partial charge on any atom is 0.274 e. The summed E-state index contributed by atoms with van der Waals surface area (Å²) < 4.78 is 13.6. The van der Waals surface area contributed by atoms with Crippen molar-refractivity contribution in [2.24, 2.45) is 0 Å². The summed E-state index contributed by atoms with van der Waals surface area (Å²) in [5.74, 6) is -0.476. The second-order valence-electron chi connectivity index (χ2n) is 4.02. The second-order valence-corrected chi connectivity index (χ2v) is 4.45. The molecule has 0 fully saturated rings. The molecule has 1 aromatic carbocycles. The molecule has 104 valence electrons. The molecular weight excluding hydrogens is 281 g/mol. The van der Waals surface area contributed by atoms with E-state index in [2.05, 4.69) is 15.6 Å². The lowest BCUT2D eigenvalue weighted by Crippen LogP contribution is -2.15. The highest BCUT2D eigenvalue weighted by Gasteiger charge is 2.11. The van der Waals surface area contributed by atoms with Gasteiger partial charge >= 0.3 is 0 Å². The Balaban J connectivity index is 2.17. The molecule has 0 aliphatic carbocycles. The molecule has 1 amide bonds. The summed E-state index contributed by atoms with van der Waals surface area (Å²) in [7, 11) is 0. The first-order valence-electron chi connectivity index (χ1n) is 6.07. The second kappa shape index (κ2) is 6.34. The topological polar surface area (TPSA) is 54.0 Å². The molecule has 6 heteroatoms. The van der Waals surface area contributed by atoms with Crippen LogP contribution in [-0.2, 0) is 0 Å². The minimum absolute atomic E-state index is 0.0649. The molecule has 0 radical (unpaired) electrons. The third kappa shape index (κ3) is 3.45. The van der Waals surface area contributed by atoms with Crippen LogP contribution in [0, 0.1) is 5.82 Å². The summed E-state index contributed by atoms with van der Waals surface area (Å²) in [6.45, 7) is 2.63. The van der Waals surface area contributed by atoms with Gasteiger partial charge in [-0.3, -0.25) is 4.79 Å². The Kier molecular flexibility index (Phi) is 4.53. The number of halogens is 2. The van der Waals surface area contributed by atoms with E-state index in [4.69, 9.17) is 11.6 Å². The molecule has 0 aliphatic heterocycles. The number of hydrogen-bond donors (Lipinski definition) is 2. The van der Waals surface area contributed by atoms with Gasteiger partial charge in [-0.25, -0.2) is 9.37 Å². The van der Waals surface area contributed by atoms with Gasteiger partial charge in [-0.05, 0) is 37.3 Å². The molecule has 0 saturated carbocycles. The van der Waals surface area contributed by atoms with Gasteiger partial charge in [0.15, 0.2) is 0 Å². The Morgan fingerprint density at radius 3 is 2.85 bits per heavy atom. The van der Waals surface area contributed by atoms with Crippen molar-refractivity contribution in [3.63, 3.8) is 0 Å². The summed E-state index contributed by atoms with van der Waals surface area (Å²) in [6, 6.07) is 9.07. The van der Waals surface area contributed by atoms with Gasteiger partial charge in [0, 0.05) is 11.6 Å². The van der Waals surface area contributed by atoms with Crippen LogP contribution >= 0.6 is 11.6 Å². The molecule has 2 aromatic rings. The number of carbonyl (C=O) groups excluding carboxylic acids is 1. The number of anilines is 2. The van der Waals surface area contributed by atoms with Crippen molar-refractivity contribution in [3.05, 3.63) is 52.9 Å². The number of carbonyl (C=O) groups is 1. The highest BCUT2D eigenvalue weighted by Crippen LogP contribution is 2.19. The zero-order valence-electron chi connectivity index (χ0n) is 10.8. The van der Waals surface area contributed by atoms with Crippen molar-refractivity contribution in [1.82, 2.24) is 4.98 Å². The molecule has 0 aliphatic rings. The van der Waals surface area contributed by atoms with E-state index in [9.17, 15) is 9.18 Å². The molecule has 2 rings (SSSR count). The molecule has 0 spiro atoms. The van der Waals surface area contributed by atoms with Gasteiger partial charge in [0.05, 0.1) is 5.69 Å². The molecule has 0 atom stereocenters. The molecule has 0 saturated heterocycles. The van der Waals surface area contributed by atoms with Crippen molar-refractivity contribution in [3.8, 4) is 0 Å². The van der Waals surface area contributed by atoms with Crippen molar-refractivity contribution in [1.29, 1.82) is 0 Å². The predicted octanol–water partition coefficient (Wildman–Crippen LogP) is 3.56. The maximum absolute atomic E-state index is 13.6. The molecule has 1 aromatic heterocycles. The number of rotatable bonds is 4. The van der Waals surface area contributed by atoms with Crippen molar-refractivity contribution >= 4 is 29.0 Å². The van der Waals surface area contributed by atoms with Gasteiger partial charge in [0.25, 0.3) is 5.91 Å². The van der Waals surface area contributed by atoms with Crippen LogP contribution < -0.4 is 10.6 Å². The van der Waals surface area contributed by atoms with E-state index in [0.29, 0.717) is 12.4 Å². The first-order valence-corrected chi connectivity index (χ1v) is 6.45. The van der Waals surface area contributed by atoms with Crippen LogP contribution in [0.3, 0.4) is 0 Å². The van der Waals surface area contributed by atoms with Crippen LogP contribution in [0.15, 0.2) is 36.4 Å². The van der Waals surface area contributed by atoms with Gasteiger partial charge in [0.2, 0.25) is 0 Å². The van der Waals surface area contributed by atoms with Crippen LogP contribution in [0.1, 0.15) is 17.4 Å². The highest BCUT2D eigenvalue weighted by atomic mass is 35.5. The number of nitrogens with one attached hydrogen (secondary N) is 2. The Labute approximate surface area is 121 Å². The molecule has 0 unspecified atom stereocenters. The average molecular weight is 294 g/mol. The highest BCUT2D eigenvalue weighted by molar-refractivity contribution is 6.30. The van der Waals surface area contributed by atoms with E-state index >= 15 is 0 Å². The third-order valence-corrected chi connectivity index (χ3v) is 2.75. The van der Waals surface area contributed by atoms with Crippen LogP contribution in [0.2, 0.25) is 5.02 Å². The fraction of sp³-hybridized carbons (Fsp3) is 0.143. The summed E-state index contributed by atoms with van der Waals surface area (Å²) in [5.41, 5.74) is 0.271. The zero-order chi connectivity index (χ0) is 14.5. The summed E-state index contributed by atoms with van der Waals surface area (Å²) in [4.78, 5) is 16.1. The Morgan fingerprint density at radius 1 is 1.35 bits per heavy atom. The molecule has 2 N–H and O–H groups in total. The SMILES string of the molecule is CCNc1cccc(C(=O)Nc2ccc(Cl)cc2F)n1. The van der Waals surface area contributed by atoms with Crippen molar-refractivity contribution in [2.45, 2.75) is 6.92 Å². The van der Waals surface area contributed by atoms with Gasteiger partial charge in [-0.15, -0.1) is 0 Å². The standard InChI is InChI=1S/C14H13ClFN3O/c1-2-17-13-5-3-4-12(18-13)14(20)19-11-7-6-9(15)8-10(11)16/h3-8H,2H2,1H3,(H,17,18)(H,19,20). The van der Waals surface area contributed by atoms with Crippen LogP contribution in [-0.4, -0.2) is 17.4 Å². The molecule has 20 heavy (non-hydrogen) atoms. The maximum atomic E-state index is 13.6. The summed E-state index contributed by atoms with van der Waals surface area (Å²) in [5, 5.41) is 5.73. The number of aromatic nitrogens is 1. The first-order chi connectivity index (χ1) is 9.60. The largest absolute Gasteiger partial charge is 0.370 e. The Bertz CT molecular complexity index is 634. The Hall–Kier alpha value is -2.14. The zero-order valence-corrected chi connectivity index (χ0v) is 11.5. The lowest BCUT2D eigenvalue weighted by molar-refractivity contribution is 0.102. The summed E-state index contributed by atoms with van der Waals surface area (Å²) >= 11 is 5.65. The summed E-state index contributed by atoms with van der Waals surface area (Å²) in [6.07, 6.45) is 0. The van der Waals surface area contributed by atoms with Crippen LogP contribution in [0.5, 0.6) is 0 Å². The van der Waals surface area contributed by atoms with E-state index in [1.54, 1.807) is 18.2 Å². The van der Waals surface area contributed by atoms with Crippen molar-refractivity contribution < 1.29 is 9.18 Å². The van der Waals surface area contributed by atoms with E-state index in [0.717, 1.165) is 6.07 Å². The fourth-order valence-corrected chi connectivity index (χ4v) is 1.78. The molecular formula is C14H13ClFN3O. The van der Waals surface area contributed by atoms with Gasteiger partial charge in [-0.2, -0.15) is 0 Å².